The summed E-state index contributed by atoms with van der Waals surface area (Å²) in [6.07, 6.45) is -2.94. The highest BCUT2D eigenvalue weighted by molar-refractivity contribution is 9.10. The molecular formula is C47H39Br2F11N8O4. The molecule has 3 aliphatic rings. The lowest BCUT2D eigenvalue weighted by Crippen LogP contribution is -2.49. The van der Waals surface area contributed by atoms with Crippen molar-refractivity contribution in [3.05, 3.63) is 153 Å². The first-order valence-electron chi connectivity index (χ1n) is 21.0. The minimum absolute atomic E-state index is 0.000255. The number of carboxylic acid groups (broad SMARTS) is 1. The first-order valence-corrected chi connectivity index (χ1v) is 22.6. The summed E-state index contributed by atoms with van der Waals surface area (Å²) in [5.41, 5.74) is 0.252. The number of hydrogen-bond donors (Lipinski definition) is 3. The number of benzene rings is 3. The molecule has 0 radical (unpaired) electrons. The van der Waals surface area contributed by atoms with Gasteiger partial charge in [0.15, 0.2) is 40.3 Å². The number of alkyl halides is 11. The number of halogens is 13. The lowest BCUT2D eigenvalue weighted by atomic mass is 9.72. The van der Waals surface area contributed by atoms with Crippen molar-refractivity contribution in [1.29, 1.82) is 0 Å². The van der Waals surface area contributed by atoms with Gasteiger partial charge in [-0.05, 0) is 81.0 Å². The van der Waals surface area contributed by atoms with Gasteiger partial charge >= 0.3 is 24.5 Å². The summed E-state index contributed by atoms with van der Waals surface area (Å²) >= 11 is 6.49. The fourth-order valence-electron chi connectivity index (χ4n) is 6.99. The third-order valence-electron chi connectivity index (χ3n) is 11.5. The van der Waals surface area contributed by atoms with Crippen LogP contribution in [0.5, 0.6) is 0 Å². The van der Waals surface area contributed by atoms with Gasteiger partial charge in [-0.25, -0.2) is 23.3 Å². The van der Waals surface area contributed by atoms with Crippen LogP contribution in [0.2, 0.25) is 0 Å². The number of nitrogen functional groups attached to an aromatic ring is 1. The standard InChI is InChI=1S/C17H13F4N3O.C14H11BrF3NO.C8H5F3N2.C5H7BrO2.C3H3FN2/c1-22-14-4-3-11(7-13(14)17(19,20)21)8-15(25)16(5-2-6-16)24-10-12(18)9-23-24;1-19-11-4-3-9(7-10(11)14(16,17)18)8-12(20)13(15)5-2-6-13;1-13-7-3-2-5(12)4-6(7)8(9,10)11;6-5(4(7)8)2-1-3-5;4-3-1-5-6-2-3/h3-4,7,9-10H,2,5-6,8H2;3-4,7H,2,5-6,8H2;2-4H,12H2;1-3H2,(H,7,8);1-2H,(H,5,6). The number of aliphatic carboxylic acids is 1. The predicted molar refractivity (Wildman–Crippen MR) is 246 cm³/mol. The Morgan fingerprint density at radius 3 is 1.38 bits per heavy atom. The highest BCUT2D eigenvalue weighted by Crippen LogP contribution is 2.44. The molecule has 72 heavy (non-hydrogen) atoms. The van der Waals surface area contributed by atoms with E-state index in [4.69, 9.17) is 30.6 Å². The van der Waals surface area contributed by atoms with E-state index in [1.54, 1.807) is 0 Å². The number of carbonyl (C=O) groups is 3. The number of aromatic nitrogens is 4. The number of aromatic amines is 1. The number of hydrogen-bond acceptors (Lipinski definition) is 6. The molecule has 2 aromatic heterocycles. The lowest BCUT2D eigenvalue weighted by molar-refractivity contribution is -0.142. The second-order valence-electron chi connectivity index (χ2n) is 16.4. The molecule has 0 amide bonds. The van der Waals surface area contributed by atoms with E-state index < -0.39 is 78.3 Å². The molecule has 382 valence electrons. The summed E-state index contributed by atoms with van der Waals surface area (Å²) in [5.74, 6) is -2.03. The molecule has 4 N–H and O–H groups in total. The van der Waals surface area contributed by atoms with Crippen LogP contribution in [0, 0.1) is 31.4 Å². The van der Waals surface area contributed by atoms with Crippen LogP contribution in [-0.2, 0) is 51.3 Å². The van der Waals surface area contributed by atoms with E-state index in [2.05, 4.69) is 61.7 Å². The van der Waals surface area contributed by atoms with Gasteiger partial charge in [0.25, 0.3) is 0 Å². The van der Waals surface area contributed by atoms with Crippen LogP contribution >= 0.6 is 31.9 Å². The van der Waals surface area contributed by atoms with E-state index in [9.17, 15) is 62.7 Å². The number of anilines is 1. The van der Waals surface area contributed by atoms with Crippen molar-refractivity contribution in [2.45, 2.75) is 103 Å². The van der Waals surface area contributed by atoms with E-state index in [1.807, 2.05) is 0 Å². The van der Waals surface area contributed by atoms with Crippen LogP contribution in [0.25, 0.3) is 14.5 Å². The third kappa shape index (κ3) is 14.9. The Morgan fingerprint density at radius 1 is 0.653 bits per heavy atom. The van der Waals surface area contributed by atoms with E-state index in [1.165, 1.54) is 29.1 Å². The Bertz CT molecular complexity index is 2850. The summed E-state index contributed by atoms with van der Waals surface area (Å²) in [5, 5.41) is 17.9. The number of carbonyl (C=O) groups excluding carboxylic acids is 2. The molecule has 3 aliphatic carbocycles. The van der Waals surface area contributed by atoms with Crippen molar-refractivity contribution in [2.24, 2.45) is 0 Å². The monoisotopic (exact) mass is 1150 g/mol. The second kappa shape index (κ2) is 23.7. The Morgan fingerprint density at radius 2 is 1.08 bits per heavy atom. The molecule has 3 aromatic carbocycles. The van der Waals surface area contributed by atoms with E-state index in [-0.39, 0.29) is 41.5 Å². The summed E-state index contributed by atoms with van der Waals surface area (Å²) < 4.78 is 139. The van der Waals surface area contributed by atoms with E-state index >= 15 is 0 Å². The number of nitrogens with two attached hydrogens (primary N) is 1. The topological polar surface area (TPSA) is 157 Å². The molecule has 2 heterocycles. The molecule has 25 heteroatoms. The normalized spacial score (nSPS) is 15.8. The predicted octanol–water partition coefficient (Wildman–Crippen LogP) is 13.7. The number of H-pyrrole nitrogens is 1. The summed E-state index contributed by atoms with van der Waals surface area (Å²) in [6, 6.07) is 9.77. The van der Waals surface area contributed by atoms with Gasteiger partial charge in [0.2, 0.25) is 0 Å². The van der Waals surface area contributed by atoms with Crippen molar-refractivity contribution >= 4 is 72.1 Å². The van der Waals surface area contributed by atoms with Crippen LogP contribution in [0.3, 0.4) is 0 Å². The molecule has 5 aromatic rings. The fraction of sp³-hybridized carbons (Fsp3) is 0.362. The van der Waals surface area contributed by atoms with Crippen molar-refractivity contribution in [3.63, 3.8) is 0 Å². The molecule has 0 unspecified atom stereocenters. The van der Waals surface area contributed by atoms with E-state index in [0.29, 0.717) is 18.4 Å². The number of carboxylic acids is 1. The minimum Gasteiger partial charge on any atom is -0.480 e. The molecule has 0 saturated heterocycles. The van der Waals surface area contributed by atoms with Gasteiger partial charge in [0.05, 0.1) is 65.5 Å². The number of Topliss-reactive ketones (excluding diaryl/α,β-unsaturated/α-hetero) is 2. The Kier molecular flexibility index (Phi) is 19.1. The summed E-state index contributed by atoms with van der Waals surface area (Å²) in [6.45, 7) is 20.1. The molecule has 0 bridgehead atoms. The quantitative estimate of drug-likeness (QED) is 0.0604. The van der Waals surface area contributed by atoms with Crippen LogP contribution in [0.1, 0.15) is 85.6 Å². The molecule has 0 atom stereocenters. The van der Waals surface area contributed by atoms with Gasteiger partial charge in [0, 0.05) is 18.5 Å². The Balaban J connectivity index is 0.000000212. The number of nitrogens with one attached hydrogen (secondary N) is 1. The van der Waals surface area contributed by atoms with E-state index in [0.717, 1.165) is 99.9 Å². The molecule has 3 saturated carbocycles. The SMILES string of the molecule is Fc1cn[nH]c1.O=C(O)C1(Br)CCC1.[C-]#[N+]c1ccc(CC(=O)C2(Br)CCC2)cc1C(F)(F)F.[C-]#[N+]c1ccc(CC(=O)C2(n3cc(F)cn3)CCC2)cc1C(F)(F)F.[C-]#[N+]c1ccc(N)cc1C(F)(F)F. The van der Waals surface area contributed by atoms with Crippen molar-refractivity contribution < 1.29 is 67.8 Å². The maximum absolute atomic E-state index is 13.2. The number of nitrogens with zero attached hydrogens (tertiary/aromatic N) is 6. The maximum Gasteiger partial charge on any atom is 0.407 e. The summed E-state index contributed by atoms with van der Waals surface area (Å²) in [7, 11) is 0. The van der Waals surface area contributed by atoms with Crippen LogP contribution in [-0.4, -0.2) is 51.3 Å². The van der Waals surface area contributed by atoms with Gasteiger partial charge in [-0.3, -0.25) is 24.2 Å². The fourth-order valence-corrected chi connectivity index (χ4v) is 8.25. The first-order chi connectivity index (χ1) is 33.5. The largest absolute Gasteiger partial charge is 0.480 e. The van der Waals surface area contributed by atoms with Crippen LogP contribution in [0.4, 0.5) is 71.0 Å². The molecule has 0 aliphatic heterocycles. The highest BCUT2D eigenvalue weighted by Gasteiger charge is 2.47. The van der Waals surface area contributed by atoms with Gasteiger partial charge < -0.3 is 10.8 Å². The molecule has 12 nitrogen and oxygen atoms in total. The Hall–Kier alpha value is -6.65. The Labute approximate surface area is 420 Å². The zero-order valence-electron chi connectivity index (χ0n) is 37.1. The maximum atomic E-state index is 13.2. The first kappa shape index (κ1) is 57.9. The van der Waals surface area contributed by atoms with Crippen LogP contribution in [0.15, 0.2) is 79.4 Å². The zero-order chi connectivity index (χ0) is 53.9. The molecular weight excluding hydrogens is 1110 g/mol. The zero-order valence-corrected chi connectivity index (χ0v) is 40.3. The molecule has 8 rings (SSSR count). The van der Waals surface area contributed by atoms with Crippen LogP contribution < -0.4 is 5.73 Å². The van der Waals surface area contributed by atoms with Gasteiger partial charge in [-0.1, -0.05) is 74.3 Å². The number of ketones is 2. The average Bonchev–Trinajstić information content (AvgIpc) is 3.94. The molecule has 3 fully saturated rings. The highest BCUT2D eigenvalue weighted by atomic mass is 79.9. The average molecular weight is 1150 g/mol. The third-order valence-corrected chi connectivity index (χ3v) is 13.8. The van der Waals surface area contributed by atoms with Gasteiger partial charge in [0.1, 0.15) is 9.86 Å². The lowest BCUT2D eigenvalue weighted by Gasteiger charge is -2.40. The smallest absolute Gasteiger partial charge is 0.407 e. The van der Waals surface area contributed by atoms with Crippen molar-refractivity contribution in [2.75, 3.05) is 5.73 Å². The van der Waals surface area contributed by atoms with Gasteiger partial charge in [-0.15, -0.1) is 0 Å². The minimum atomic E-state index is -4.67. The number of rotatable bonds is 8. The summed E-state index contributed by atoms with van der Waals surface area (Å²) in [4.78, 5) is 43.5. The molecule has 0 spiro atoms. The van der Waals surface area contributed by atoms with Gasteiger partial charge in [-0.2, -0.15) is 49.7 Å². The second-order valence-corrected chi connectivity index (χ2v) is 19.4. The van der Waals surface area contributed by atoms with Crippen molar-refractivity contribution in [1.82, 2.24) is 20.0 Å². The van der Waals surface area contributed by atoms with Crippen molar-refractivity contribution in [3.8, 4) is 0 Å².